The van der Waals surface area contributed by atoms with Gasteiger partial charge in [-0.2, -0.15) is 0 Å². The average molecular weight is 364 g/mol. The van der Waals surface area contributed by atoms with Gasteiger partial charge in [0.1, 0.15) is 11.0 Å². The molecular weight excluding hydrogens is 346 g/mol. The quantitative estimate of drug-likeness (QED) is 0.891. The molecule has 0 saturated heterocycles. The zero-order valence-electron chi connectivity index (χ0n) is 11.8. The predicted molar refractivity (Wildman–Crippen MR) is 88.7 cm³/mol. The highest BCUT2D eigenvalue weighted by Gasteiger charge is 2.29. The maximum absolute atomic E-state index is 4.94. The smallest absolute Gasteiger partial charge is 0.116 e. The van der Waals surface area contributed by atoms with Gasteiger partial charge in [0.15, 0.2) is 0 Å². The normalized spacial score (nSPS) is 19.3. The van der Waals surface area contributed by atoms with Crippen LogP contribution in [0.3, 0.4) is 0 Å². The van der Waals surface area contributed by atoms with Gasteiger partial charge in [-0.25, -0.2) is 4.98 Å². The first-order valence-corrected chi connectivity index (χ1v) is 9.26. The highest BCUT2D eigenvalue weighted by Crippen LogP contribution is 2.34. The van der Waals surface area contributed by atoms with E-state index in [-0.39, 0.29) is 6.04 Å². The summed E-state index contributed by atoms with van der Waals surface area (Å²) in [6.07, 6.45) is 9.38. The van der Waals surface area contributed by atoms with Crippen molar-refractivity contribution in [2.24, 2.45) is 0 Å². The van der Waals surface area contributed by atoms with Crippen LogP contribution >= 0.6 is 27.3 Å². The molecule has 2 aromatic rings. The number of hydrogen-bond acceptors (Lipinski definition) is 4. The lowest BCUT2D eigenvalue weighted by atomic mass is 10.0. The Morgan fingerprint density at radius 1 is 1.24 bits per heavy atom. The van der Waals surface area contributed by atoms with Crippen LogP contribution in [0.15, 0.2) is 22.8 Å². The van der Waals surface area contributed by atoms with Crippen LogP contribution in [0, 0.1) is 0 Å². The SMILES string of the molecule is Brc1ccc(C(NC2CC2)c2nc3c(s2)CCCC3)nc1. The molecule has 5 heteroatoms. The van der Waals surface area contributed by atoms with E-state index in [1.807, 2.05) is 17.5 Å². The lowest BCUT2D eigenvalue weighted by molar-refractivity contribution is 0.582. The monoisotopic (exact) mass is 363 g/mol. The minimum absolute atomic E-state index is 0.154. The van der Waals surface area contributed by atoms with Gasteiger partial charge in [0, 0.05) is 21.6 Å². The maximum Gasteiger partial charge on any atom is 0.116 e. The van der Waals surface area contributed by atoms with Gasteiger partial charge in [-0.15, -0.1) is 11.3 Å². The number of fused-ring (bicyclic) bond motifs is 1. The van der Waals surface area contributed by atoms with Crippen molar-refractivity contribution >= 4 is 27.3 Å². The zero-order chi connectivity index (χ0) is 14.2. The van der Waals surface area contributed by atoms with Crippen molar-refractivity contribution in [3.8, 4) is 0 Å². The third kappa shape index (κ3) is 3.05. The summed E-state index contributed by atoms with van der Waals surface area (Å²) in [4.78, 5) is 11.0. The van der Waals surface area contributed by atoms with E-state index in [1.165, 1.54) is 47.7 Å². The molecule has 0 aliphatic heterocycles. The largest absolute Gasteiger partial charge is 0.300 e. The van der Waals surface area contributed by atoms with Crippen molar-refractivity contribution in [3.63, 3.8) is 0 Å². The van der Waals surface area contributed by atoms with Crippen LogP contribution in [-0.2, 0) is 12.8 Å². The second kappa shape index (κ2) is 5.78. The van der Waals surface area contributed by atoms with Gasteiger partial charge in [0.2, 0.25) is 0 Å². The van der Waals surface area contributed by atoms with Crippen molar-refractivity contribution in [3.05, 3.63) is 44.1 Å². The second-order valence-corrected chi connectivity index (χ2v) is 7.94. The minimum atomic E-state index is 0.154. The Morgan fingerprint density at radius 3 is 2.81 bits per heavy atom. The first kappa shape index (κ1) is 13.9. The van der Waals surface area contributed by atoms with Crippen molar-refractivity contribution in [1.82, 2.24) is 15.3 Å². The minimum Gasteiger partial charge on any atom is -0.300 e. The van der Waals surface area contributed by atoms with E-state index < -0.39 is 0 Å². The molecule has 2 heterocycles. The van der Waals surface area contributed by atoms with E-state index in [0.29, 0.717) is 6.04 Å². The molecule has 3 nitrogen and oxygen atoms in total. The summed E-state index contributed by atoms with van der Waals surface area (Å²) in [6, 6.07) is 4.96. The number of pyridine rings is 1. The fraction of sp³-hybridized carbons (Fsp3) is 0.500. The maximum atomic E-state index is 4.94. The van der Waals surface area contributed by atoms with Crippen LogP contribution < -0.4 is 5.32 Å². The fourth-order valence-corrected chi connectivity index (χ4v) is 4.28. The molecule has 1 N–H and O–H groups in total. The summed E-state index contributed by atoms with van der Waals surface area (Å²) in [5.41, 5.74) is 2.41. The summed E-state index contributed by atoms with van der Waals surface area (Å²) < 4.78 is 1.02. The second-order valence-electron chi connectivity index (χ2n) is 5.90. The molecule has 1 fully saturated rings. The Bertz CT molecular complexity index is 610. The molecular formula is C16H18BrN3S. The molecule has 2 aliphatic rings. The van der Waals surface area contributed by atoms with Crippen molar-refractivity contribution < 1.29 is 0 Å². The van der Waals surface area contributed by atoms with Gasteiger partial charge >= 0.3 is 0 Å². The Morgan fingerprint density at radius 2 is 2.10 bits per heavy atom. The summed E-state index contributed by atoms with van der Waals surface area (Å²) in [5, 5.41) is 4.92. The summed E-state index contributed by atoms with van der Waals surface area (Å²) in [5.74, 6) is 0. The van der Waals surface area contributed by atoms with E-state index in [1.54, 1.807) is 0 Å². The van der Waals surface area contributed by atoms with Crippen LogP contribution in [0.25, 0.3) is 0 Å². The lowest BCUT2D eigenvalue weighted by Crippen LogP contribution is -2.25. The van der Waals surface area contributed by atoms with Gasteiger partial charge in [-0.3, -0.25) is 4.98 Å². The van der Waals surface area contributed by atoms with Crippen molar-refractivity contribution in [2.75, 3.05) is 0 Å². The van der Waals surface area contributed by atoms with Crippen LogP contribution in [0.5, 0.6) is 0 Å². The number of aromatic nitrogens is 2. The molecule has 110 valence electrons. The van der Waals surface area contributed by atoms with Gasteiger partial charge in [0.05, 0.1) is 11.4 Å². The van der Waals surface area contributed by atoms with Crippen LogP contribution in [-0.4, -0.2) is 16.0 Å². The molecule has 0 radical (unpaired) electrons. The molecule has 0 aromatic carbocycles. The molecule has 4 rings (SSSR count). The summed E-state index contributed by atoms with van der Waals surface area (Å²) in [6.45, 7) is 0. The topological polar surface area (TPSA) is 37.8 Å². The van der Waals surface area contributed by atoms with Crippen LogP contribution in [0.4, 0.5) is 0 Å². The molecule has 0 amide bonds. The fourth-order valence-electron chi connectivity index (χ4n) is 2.82. The third-order valence-corrected chi connectivity index (χ3v) is 5.83. The van der Waals surface area contributed by atoms with E-state index in [9.17, 15) is 0 Å². The Hall–Kier alpha value is -0.780. The van der Waals surface area contributed by atoms with Gasteiger partial charge in [0.25, 0.3) is 0 Å². The van der Waals surface area contributed by atoms with Crippen LogP contribution in [0.1, 0.15) is 53.0 Å². The zero-order valence-corrected chi connectivity index (χ0v) is 14.2. The van der Waals surface area contributed by atoms with Crippen molar-refractivity contribution in [2.45, 2.75) is 50.6 Å². The lowest BCUT2D eigenvalue weighted by Gasteiger charge is -2.15. The molecule has 0 bridgehead atoms. The van der Waals surface area contributed by atoms with E-state index in [2.05, 4.69) is 38.4 Å². The number of hydrogen-bond donors (Lipinski definition) is 1. The Labute approximate surface area is 137 Å². The number of aryl methyl sites for hydroxylation is 2. The molecule has 21 heavy (non-hydrogen) atoms. The predicted octanol–water partition coefficient (Wildman–Crippen LogP) is 4.02. The van der Waals surface area contributed by atoms with Gasteiger partial charge in [-0.05, 0) is 66.6 Å². The molecule has 1 saturated carbocycles. The highest BCUT2D eigenvalue weighted by molar-refractivity contribution is 9.10. The first-order valence-electron chi connectivity index (χ1n) is 7.65. The molecule has 0 spiro atoms. The Balaban J connectivity index is 1.67. The van der Waals surface area contributed by atoms with Crippen molar-refractivity contribution in [1.29, 1.82) is 0 Å². The van der Waals surface area contributed by atoms with E-state index in [0.717, 1.165) is 16.6 Å². The van der Waals surface area contributed by atoms with Gasteiger partial charge in [-0.1, -0.05) is 0 Å². The summed E-state index contributed by atoms with van der Waals surface area (Å²) >= 11 is 5.35. The van der Waals surface area contributed by atoms with Crippen LogP contribution in [0.2, 0.25) is 0 Å². The number of nitrogens with zero attached hydrogens (tertiary/aromatic N) is 2. The molecule has 1 unspecified atom stereocenters. The van der Waals surface area contributed by atoms with Gasteiger partial charge < -0.3 is 5.32 Å². The third-order valence-electron chi connectivity index (χ3n) is 4.13. The molecule has 1 atom stereocenters. The average Bonchev–Trinajstić information content (AvgIpc) is 3.22. The highest BCUT2D eigenvalue weighted by atomic mass is 79.9. The summed E-state index contributed by atoms with van der Waals surface area (Å²) in [7, 11) is 0. The number of nitrogens with one attached hydrogen (secondary N) is 1. The standard InChI is InChI=1S/C16H18BrN3S/c17-10-5-8-13(18-9-10)15(19-11-6-7-11)16-20-12-3-1-2-4-14(12)21-16/h5,8-9,11,15,19H,1-4,6-7H2. The van der Waals surface area contributed by atoms with E-state index >= 15 is 0 Å². The molecule has 2 aromatic heterocycles. The number of thiazole rings is 1. The number of rotatable bonds is 4. The molecule has 2 aliphatic carbocycles. The number of halogens is 1. The first-order chi connectivity index (χ1) is 10.3. The Kier molecular flexibility index (Phi) is 3.81. The van der Waals surface area contributed by atoms with E-state index in [4.69, 9.17) is 4.98 Å².